The number of amides is 1. The van der Waals surface area contributed by atoms with E-state index in [1.165, 1.54) is 17.8 Å². The predicted octanol–water partition coefficient (Wildman–Crippen LogP) is 4.48. The summed E-state index contributed by atoms with van der Waals surface area (Å²) in [7, 11) is 0. The number of hydrogen-bond acceptors (Lipinski definition) is 4. The van der Waals surface area contributed by atoms with Gasteiger partial charge in [0, 0.05) is 35.3 Å². The van der Waals surface area contributed by atoms with Crippen molar-refractivity contribution in [2.24, 2.45) is 0 Å². The molecule has 0 saturated carbocycles. The first-order valence-corrected chi connectivity index (χ1v) is 10.1. The first-order chi connectivity index (χ1) is 13.0. The normalized spacial score (nSPS) is 16.6. The minimum atomic E-state index is -0.293. The Labute approximate surface area is 164 Å². The van der Waals surface area contributed by atoms with E-state index in [1.807, 2.05) is 44.2 Å². The molecule has 1 N–H and O–H groups in total. The molecule has 1 fully saturated rings. The second kappa shape index (κ2) is 9.24. The number of halogens is 1. The van der Waals surface area contributed by atoms with E-state index in [-0.39, 0.29) is 22.2 Å². The Hall–Kier alpha value is -2.05. The number of ether oxygens (including phenoxy) is 1. The highest BCUT2D eigenvalue weighted by Gasteiger charge is 2.20. The van der Waals surface area contributed by atoms with Gasteiger partial charge in [-0.2, -0.15) is 0 Å². The number of carbonyl (C=O) groups is 1. The van der Waals surface area contributed by atoms with Crippen LogP contribution in [0.4, 0.5) is 15.8 Å². The highest BCUT2D eigenvalue weighted by atomic mass is 32.2. The summed E-state index contributed by atoms with van der Waals surface area (Å²) in [6.07, 6.45) is 0. The van der Waals surface area contributed by atoms with Gasteiger partial charge in [-0.3, -0.25) is 4.79 Å². The van der Waals surface area contributed by atoms with E-state index in [0.717, 1.165) is 37.7 Å². The van der Waals surface area contributed by atoms with Gasteiger partial charge >= 0.3 is 0 Å². The molecule has 0 aromatic heterocycles. The molecule has 144 valence electrons. The third kappa shape index (κ3) is 5.23. The van der Waals surface area contributed by atoms with E-state index in [4.69, 9.17) is 4.74 Å². The summed E-state index contributed by atoms with van der Waals surface area (Å²) in [4.78, 5) is 14.8. The van der Waals surface area contributed by atoms with Crippen LogP contribution in [0.5, 0.6) is 0 Å². The van der Waals surface area contributed by atoms with Gasteiger partial charge in [-0.25, -0.2) is 4.39 Å². The lowest BCUT2D eigenvalue weighted by molar-refractivity contribution is -0.115. The van der Waals surface area contributed by atoms with Gasteiger partial charge in [0.2, 0.25) is 5.91 Å². The van der Waals surface area contributed by atoms with E-state index < -0.39 is 0 Å². The highest BCUT2D eigenvalue weighted by molar-refractivity contribution is 8.00. The molecule has 3 rings (SSSR count). The van der Waals surface area contributed by atoms with E-state index in [1.54, 1.807) is 12.1 Å². The van der Waals surface area contributed by atoms with Crippen molar-refractivity contribution < 1.29 is 13.9 Å². The molecule has 0 bridgehead atoms. The lowest BCUT2D eigenvalue weighted by Gasteiger charge is -2.29. The van der Waals surface area contributed by atoms with Crippen molar-refractivity contribution in [1.29, 1.82) is 0 Å². The molecule has 1 saturated heterocycles. The van der Waals surface area contributed by atoms with Crippen molar-refractivity contribution in [1.82, 2.24) is 0 Å². The molecular weight excluding hydrogens is 363 g/mol. The Morgan fingerprint density at radius 2 is 1.78 bits per heavy atom. The average Bonchev–Trinajstić information content (AvgIpc) is 2.69. The maximum absolute atomic E-state index is 13.9. The number of rotatable bonds is 6. The van der Waals surface area contributed by atoms with Gasteiger partial charge in [-0.05, 0) is 44.2 Å². The van der Waals surface area contributed by atoms with Crippen molar-refractivity contribution >= 4 is 29.0 Å². The molecule has 1 heterocycles. The quantitative estimate of drug-likeness (QED) is 0.792. The smallest absolute Gasteiger partial charge is 0.237 e. The first kappa shape index (κ1) is 19.7. The molecule has 2 atom stereocenters. The summed E-state index contributed by atoms with van der Waals surface area (Å²) in [5.41, 5.74) is 2.52. The van der Waals surface area contributed by atoms with Crippen LogP contribution in [0.2, 0.25) is 0 Å². The molecule has 4 nitrogen and oxygen atoms in total. The molecule has 1 aliphatic heterocycles. The molecule has 2 unspecified atom stereocenters. The molecule has 0 spiro atoms. The van der Waals surface area contributed by atoms with Crippen molar-refractivity contribution in [3.63, 3.8) is 0 Å². The summed E-state index contributed by atoms with van der Waals surface area (Å²) in [5.74, 6) is -0.314. The fraction of sp³-hybridized carbons (Fsp3) is 0.381. The zero-order chi connectivity index (χ0) is 19.2. The fourth-order valence-electron chi connectivity index (χ4n) is 3.07. The van der Waals surface area contributed by atoms with Crippen LogP contribution in [-0.2, 0) is 9.53 Å². The summed E-state index contributed by atoms with van der Waals surface area (Å²) < 4.78 is 19.3. The largest absolute Gasteiger partial charge is 0.378 e. The van der Waals surface area contributed by atoms with Crippen LogP contribution in [-0.4, -0.2) is 37.5 Å². The predicted molar refractivity (Wildman–Crippen MR) is 110 cm³/mol. The molecule has 27 heavy (non-hydrogen) atoms. The van der Waals surface area contributed by atoms with E-state index in [9.17, 15) is 9.18 Å². The van der Waals surface area contributed by atoms with Gasteiger partial charge in [0.05, 0.1) is 18.5 Å². The molecule has 2 aromatic carbocycles. The highest BCUT2D eigenvalue weighted by Crippen LogP contribution is 2.33. The summed E-state index contributed by atoms with van der Waals surface area (Å²) in [6, 6.07) is 14.6. The SMILES string of the molecule is CC(SC(C)c1ccccc1F)C(=O)Nc1ccc(N2CCOCC2)cc1. The monoisotopic (exact) mass is 388 g/mol. The van der Waals surface area contributed by atoms with Gasteiger partial charge in [-0.1, -0.05) is 18.2 Å². The van der Waals surface area contributed by atoms with Crippen LogP contribution >= 0.6 is 11.8 Å². The van der Waals surface area contributed by atoms with E-state index >= 15 is 0 Å². The van der Waals surface area contributed by atoms with Gasteiger partial charge in [-0.15, -0.1) is 11.8 Å². The number of carbonyl (C=O) groups excluding carboxylic acids is 1. The topological polar surface area (TPSA) is 41.6 Å². The Kier molecular flexibility index (Phi) is 6.74. The van der Waals surface area contributed by atoms with Gasteiger partial charge in [0.1, 0.15) is 5.82 Å². The summed E-state index contributed by atoms with van der Waals surface area (Å²) in [6.45, 7) is 7.02. The molecule has 6 heteroatoms. The van der Waals surface area contributed by atoms with Crippen LogP contribution in [0.1, 0.15) is 24.7 Å². The Morgan fingerprint density at radius 1 is 1.11 bits per heavy atom. The minimum absolute atomic E-state index is 0.0812. The second-order valence-electron chi connectivity index (χ2n) is 6.58. The zero-order valence-electron chi connectivity index (χ0n) is 15.7. The maximum atomic E-state index is 13.9. The molecule has 0 aliphatic carbocycles. The zero-order valence-corrected chi connectivity index (χ0v) is 16.5. The van der Waals surface area contributed by atoms with Gasteiger partial charge < -0.3 is 15.0 Å². The maximum Gasteiger partial charge on any atom is 0.237 e. The third-order valence-electron chi connectivity index (χ3n) is 4.63. The van der Waals surface area contributed by atoms with Crippen LogP contribution in [0.3, 0.4) is 0 Å². The fourth-order valence-corrected chi connectivity index (χ4v) is 4.20. The standard InChI is InChI=1S/C21H25FN2O2S/c1-15(19-5-3-4-6-20(19)22)27-16(2)21(25)23-17-7-9-18(10-8-17)24-11-13-26-14-12-24/h3-10,15-16H,11-14H2,1-2H3,(H,23,25). The van der Waals surface area contributed by atoms with Gasteiger partial charge in [0.25, 0.3) is 0 Å². The van der Waals surface area contributed by atoms with Gasteiger partial charge in [0.15, 0.2) is 0 Å². The van der Waals surface area contributed by atoms with Crippen LogP contribution < -0.4 is 10.2 Å². The number of nitrogens with zero attached hydrogens (tertiary/aromatic N) is 1. The molecular formula is C21H25FN2O2S. The number of benzene rings is 2. The average molecular weight is 389 g/mol. The van der Waals surface area contributed by atoms with Crippen molar-refractivity contribution in [3.05, 3.63) is 59.9 Å². The lowest BCUT2D eigenvalue weighted by atomic mass is 10.1. The number of morpholine rings is 1. The number of thioether (sulfide) groups is 1. The summed E-state index contributed by atoms with van der Waals surface area (Å²) >= 11 is 1.45. The third-order valence-corrected chi connectivity index (χ3v) is 5.92. The molecule has 2 aromatic rings. The Balaban J connectivity index is 1.55. The van der Waals surface area contributed by atoms with E-state index in [2.05, 4.69) is 10.2 Å². The van der Waals surface area contributed by atoms with Crippen LogP contribution in [0.25, 0.3) is 0 Å². The second-order valence-corrected chi connectivity index (χ2v) is 8.26. The van der Waals surface area contributed by atoms with E-state index in [0.29, 0.717) is 5.56 Å². The summed E-state index contributed by atoms with van der Waals surface area (Å²) in [5, 5.41) is 2.55. The molecule has 1 aliphatic rings. The lowest BCUT2D eigenvalue weighted by Crippen LogP contribution is -2.36. The molecule has 0 radical (unpaired) electrons. The van der Waals surface area contributed by atoms with Crippen molar-refractivity contribution in [2.45, 2.75) is 24.3 Å². The number of hydrogen-bond donors (Lipinski definition) is 1. The van der Waals surface area contributed by atoms with Crippen LogP contribution in [0, 0.1) is 5.82 Å². The van der Waals surface area contributed by atoms with Crippen LogP contribution in [0.15, 0.2) is 48.5 Å². The number of anilines is 2. The Bertz CT molecular complexity index is 763. The van der Waals surface area contributed by atoms with Crippen molar-refractivity contribution in [2.75, 3.05) is 36.5 Å². The van der Waals surface area contributed by atoms with Crippen molar-refractivity contribution in [3.8, 4) is 0 Å². The number of nitrogens with one attached hydrogen (secondary N) is 1. The minimum Gasteiger partial charge on any atom is -0.378 e. The molecule has 1 amide bonds. The first-order valence-electron chi connectivity index (χ1n) is 9.18. The Morgan fingerprint density at radius 3 is 2.44 bits per heavy atom.